The Balaban J connectivity index is 1.07. The number of ether oxygens (including phenoxy) is 1. The van der Waals surface area contributed by atoms with E-state index in [9.17, 15) is 19.2 Å². The van der Waals surface area contributed by atoms with E-state index >= 15 is 0 Å². The highest BCUT2D eigenvalue weighted by atomic mass is 32.2. The predicted molar refractivity (Wildman–Crippen MR) is 239 cm³/mol. The van der Waals surface area contributed by atoms with Crippen LogP contribution in [0.15, 0.2) is 170 Å². The first-order valence-corrected chi connectivity index (χ1v) is 21.3. The lowest BCUT2D eigenvalue weighted by Crippen LogP contribution is -2.56. The van der Waals surface area contributed by atoms with Gasteiger partial charge in [-0.25, -0.2) is 4.79 Å². The maximum Gasteiger partial charge on any atom is 0.407 e. The highest BCUT2D eigenvalue weighted by molar-refractivity contribution is 8.00. The number of rotatable bonds is 17. The van der Waals surface area contributed by atoms with Crippen LogP contribution >= 0.6 is 11.8 Å². The number of hydrogen-bond donors (Lipinski definition) is 3. The topological polar surface area (TPSA) is 114 Å². The van der Waals surface area contributed by atoms with Gasteiger partial charge in [0.25, 0.3) is 0 Å². The number of nitrogens with one attached hydrogen (secondary N) is 3. The number of alkyl carbamates (subject to hydrolysis) is 1. The van der Waals surface area contributed by atoms with E-state index in [1.165, 1.54) is 6.92 Å². The molecular formula is C51H49N3O5S. The molecule has 3 atom stereocenters. The van der Waals surface area contributed by atoms with E-state index in [1.807, 2.05) is 121 Å². The molecule has 8 nitrogen and oxygen atoms in total. The molecule has 3 amide bonds. The molecule has 0 bridgehead atoms. The summed E-state index contributed by atoms with van der Waals surface area (Å²) in [7, 11) is 0. The predicted octanol–water partition coefficient (Wildman–Crippen LogP) is 8.83. The van der Waals surface area contributed by atoms with Gasteiger partial charge in [0.05, 0.1) is 10.8 Å². The van der Waals surface area contributed by atoms with E-state index in [-0.39, 0.29) is 36.9 Å². The van der Waals surface area contributed by atoms with E-state index < -0.39 is 40.8 Å². The summed E-state index contributed by atoms with van der Waals surface area (Å²) in [6.45, 7) is 3.35. The normalized spacial score (nSPS) is 13.5. The van der Waals surface area contributed by atoms with Gasteiger partial charge in [-0.3, -0.25) is 14.4 Å². The van der Waals surface area contributed by atoms with Crippen molar-refractivity contribution in [3.8, 4) is 11.1 Å². The number of carbonyl (C=O) groups excluding carboxylic acids is 4. The van der Waals surface area contributed by atoms with Crippen LogP contribution in [-0.4, -0.2) is 54.2 Å². The second kappa shape index (κ2) is 19.5. The van der Waals surface area contributed by atoms with Gasteiger partial charge in [-0.15, -0.1) is 11.8 Å². The lowest BCUT2D eigenvalue weighted by atomic mass is 9.84. The van der Waals surface area contributed by atoms with Gasteiger partial charge in [0.2, 0.25) is 11.8 Å². The first kappa shape index (κ1) is 41.7. The summed E-state index contributed by atoms with van der Waals surface area (Å²) in [5, 5.41) is 8.63. The molecule has 0 fully saturated rings. The largest absolute Gasteiger partial charge is 0.449 e. The van der Waals surface area contributed by atoms with Crippen molar-refractivity contribution in [2.24, 2.45) is 0 Å². The second-order valence-electron chi connectivity index (χ2n) is 14.9. The fraction of sp³-hybridized carbons (Fsp3) is 0.216. The van der Waals surface area contributed by atoms with Crippen LogP contribution in [-0.2, 0) is 30.3 Å². The van der Waals surface area contributed by atoms with Crippen molar-refractivity contribution >= 4 is 35.5 Å². The zero-order valence-electron chi connectivity index (χ0n) is 33.8. The van der Waals surface area contributed by atoms with Gasteiger partial charge in [-0.2, -0.15) is 0 Å². The standard InChI is InChI=1S/C51H49N3O5S/c1-3-45(54-50(58)59-33-44-42-30-18-16-28-40(42)41-29-17-19-31-43(41)44)48(56)52-46(32-36-20-8-4-9-21-36)49(57)53-47(35(2)55)34-60-51(37-22-10-5-11-23-37,38-24-12-6-13-25-38)39-26-14-7-15-27-39/h4-31,44-47H,3,32-34H2,1-2H3,(H,52,56)(H,53,57)(H,54,58)/t45-,46-,47-/m0/s1. The maximum atomic E-state index is 14.3. The molecule has 6 aromatic rings. The van der Waals surface area contributed by atoms with Crippen LogP contribution in [0.1, 0.15) is 59.6 Å². The molecule has 0 aromatic heterocycles. The lowest BCUT2D eigenvalue weighted by Gasteiger charge is -2.36. The van der Waals surface area contributed by atoms with Gasteiger partial charge in [-0.1, -0.05) is 177 Å². The molecule has 304 valence electrons. The van der Waals surface area contributed by atoms with E-state index in [1.54, 1.807) is 18.7 Å². The van der Waals surface area contributed by atoms with Crippen LogP contribution in [0, 0.1) is 0 Å². The third-order valence-electron chi connectivity index (χ3n) is 11.1. The number of ketones is 1. The SMILES string of the molecule is CC[C@H](NC(=O)OCC1c2ccccc2-c2ccccc21)C(=O)N[C@@H](Cc1ccccc1)C(=O)N[C@@H](CSC(c1ccccc1)(c1ccccc1)c1ccccc1)C(C)=O. The van der Waals surface area contributed by atoms with Crippen LogP contribution in [0.3, 0.4) is 0 Å². The van der Waals surface area contributed by atoms with Crippen molar-refractivity contribution in [3.63, 3.8) is 0 Å². The van der Waals surface area contributed by atoms with Crippen LogP contribution in [0.4, 0.5) is 4.79 Å². The summed E-state index contributed by atoms with van der Waals surface area (Å²) in [6, 6.07) is 53.1. The molecule has 9 heteroatoms. The van der Waals surface area contributed by atoms with Gasteiger partial charge in [-0.05, 0) is 57.9 Å². The average molecular weight is 816 g/mol. The van der Waals surface area contributed by atoms with Crippen molar-refractivity contribution in [2.75, 3.05) is 12.4 Å². The minimum atomic E-state index is -1.05. The van der Waals surface area contributed by atoms with Gasteiger partial charge in [0, 0.05) is 18.1 Å². The van der Waals surface area contributed by atoms with Crippen molar-refractivity contribution in [1.82, 2.24) is 16.0 Å². The average Bonchev–Trinajstić information content (AvgIpc) is 3.61. The van der Waals surface area contributed by atoms with Crippen LogP contribution in [0.25, 0.3) is 11.1 Å². The van der Waals surface area contributed by atoms with E-state index in [0.29, 0.717) is 0 Å². The van der Waals surface area contributed by atoms with Gasteiger partial charge >= 0.3 is 6.09 Å². The third-order valence-corrected chi connectivity index (χ3v) is 12.7. The summed E-state index contributed by atoms with van der Waals surface area (Å²) >= 11 is 1.57. The van der Waals surface area contributed by atoms with Crippen molar-refractivity contribution in [1.29, 1.82) is 0 Å². The molecule has 6 aromatic carbocycles. The molecule has 0 heterocycles. The van der Waals surface area contributed by atoms with Gasteiger partial charge < -0.3 is 20.7 Å². The maximum absolute atomic E-state index is 14.3. The Morgan fingerprint density at radius 2 is 1.00 bits per heavy atom. The smallest absolute Gasteiger partial charge is 0.407 e. The van der Waals surface area contributed by atoms with Crippen molar-refractivity contribution in [3.05, 3.63) is 203 Å². The van der Waals surface area contributed by atoms with E-state index in [4.69, 9.17) is 4.74 Å². The monoisotopic (exact) mass is 815 g/mol. The van der Waals surface area contributed by atoms with Crippen LogP contribution < -0.4 is 16.0 Å². The number of benzene rings is 6. The Hall–Kier alpha value is -6.45. The van der Waals surface area contributed by atoms with Crippen molar-refractivity contribution < 1.29 is 23.9 Å². The highest BCUT2D eigenvalue weighted by Crippen LogP contribution is 2.49. The van der Waals surface area contributed by atoms with Gasteiger partial charge in [0.1, 0.15) is 18.7 Å². The third kappa shape index (κ3) is 9.37. The minimum Gasteiger partial charge on any atom is -0.449 e. The zero-order valence-corrected chi connectivity index (χ0v) is 34.6. The molecule has 0 saturated heterocycles. The molecule has 0 spiro atoms. The summed E-state index contributed by atoms with van der Waals surface area (Å²) in [5.74, 6) is -1.15. The fourth-order valence-electron chi connectivity index (χ4n) is 7.98. The number of thioether (sulfide) groups is 1. The van der Waals surface area contributed by atoms with Crippen LogP contribution in [0.2, 0.25) is 0 Å². The zero-order chi connectivity index (χ0) is 41.9. The molecule has 0 saturated carbocycles. The molecule has 0 radical (unpaired) electrons. The first-order valence-electron chi connectivity index (χ1n) is 20.4. The molecule has 1 aliphatic carbocycles. The van der Waals surface area contributed by atoms with Crippen molar-refractivity contribution in [2.45, 2.75) is 55.5 Å². The summed E-state index contributed by atoms with van der Waals surface area (Å²) in [6.07, 6.45) is -0.307. The number of fused-ring (bicyclic) bond motifs is 3. The minimum absolute atomic E-state index is 0.0987. The number of carbonyl (C=O) groups is 4. The Morgan fingerprint density at radius 1 is 0.567 bits per heavy atom. The fourth-order valence-corrected chi connectivity index (χ4v) is 9.62. The summed E-state index contributed by atoms with van der Waals surface area (Å²) < 4.78 is 5.04. The molecule has 1 aliphatic rings. The molecule has 0 unspecified atom stereocenters. The van der Waals surface area contributed by atoms with Gasteiger partial charge in [0.15, 0.2) is 5.78 Å². The van der Waals surface area contributed by atoms with E-state index in [0.717, 1.165) is 44.5 Å². The van der Waals surface area contributed by atoms with E-state index in [2.05, 4.69) is 64.5 Å². The quantitative estimate of drug-likeness (QED) is 0.0794. The Morgan fingerprint density at radius 3 is 1.48 bits per heavy atom. The number of Topliss-reactive ketones (excluding diaryl/α,β-unsaturated/α-hetero) is 1. The summed E-state index contributed by atoms with van der Waals surface area (Å²) in [4.78, 5) is 54.9. The summed E-state index contributed by atoms with van der Waals surface area (Å²) in [5.41, 5.74) is 8.31. The number of hydrogen-bond acceptors (Lipinski definition) is 6. The Labute approximate surface area is 356 Å². The first-order chi connectivity index (χ1) is 29.3. The molecule has 0 aliphatic heterocycles. The Bertz CT molecular complexity index is 2250. The molecule has 7 rings (SSSR count). The highest BCUT2D eigenvalue weighted by Gasteiger charge is 2.39. The molecule has 3 N–H and O–H groups in total. The van der Waals surface area contributed by atoms with Crippen LogP contribution in [0.5, 0.6) is 0 Å². The molecular weight excluding hydrogens is 767 g/mol. The Kier molecular flexibility index (Phi) is 13.6. The lowest BCUT2D eigenvalue weighted by molar-refractivity contribution is -0.131. The number of amides is 3. The second-order valence-corrected chi connectivity index (χ2v) is 16.2. The molecule has 60 heavy (non-hydrogen) atoms.